The highest BCUT2D eigenvalue weighted by molar-refractivity contribution is 5.92. The maximum absolute atomic E-state index is 5.28. The van der Waals surface area contributed by atoms with E-state index in [-0.39, 0.29) is 0 Å². The van der Waals surface area contributed by atoms with Gasteiger partial charge in [-0.1, -0.05) is 0 Å². The van der Waals surface area contributed by atoms with Crippen LogP contribution in [0.1, 0.15) is 19.3 Å². The molecule has 106 valence electrons. The molecule has 0 bridgehead atoms. The standard InChI is InChI=1S/C16H21N3O/c1-20-14-4-5-15-12(11-14)6-10-18-16(15)19-13-3-2-8-17-9-7-13/h4-6,10-11,13,17H,2-3,7-9H2,1H3,(H,18,19). The Morgan fingerprint density at radius 1 is 1.25 bits per heavy atom. The molecule has 1 unspecified atom stereocenters. The van der Waals surface area contributed by atoms with Crippen molar-refractivity contribution in [2.75, 3.05) is 25.5 Å². The van der Waals surface area contributed by atoms with E-state index in [2.05, 4.69) is 27.8 Å². The topological polar surface area (TPSA) is 46.2 Å². The van der Waals surface area contributed by atoms with Gasteiger partial charge in [0.25, 0.3) is 0 Å². The van der Waals surface area contributed by atoms with Gasteiger partial charge in [-0.2, -0.15) is 0 Å². The summed E-state index contributed by atoms with van der Waals surface area (Å²) in [7, 11) is 1.69. The molecule has 3 rings (SSSR count). The molecule has 0 aliphatic carbocycles. The summed E-state index contributed by atoms with van der Waals surface area (Å²) in [5.41, 5.74) is 0. The van der Waals surface area contributed by atoms with E-state index < -0.39 is 0 Å². The van der Waals surface area contributed by atoms with Crippen molar-refractivity contribution < 1.29 is 4.74 Å². The Morgan fingerprint density at radius 3 is 3.10 bits per heavy atom. The first-order valence-electron chi connectivity index (χ1n) is 7.27. The first kappa shape index (κ1) is 13.2. The Bertz CT molecular complexity index is 577. The fourth-order valence-corrected chi connectivity index (χ4v) is 2.75. The molecule has 2 heterocycles. The van der Waals surface area contributed by atoms with Crippen molar-refractivity contribution in [3.63, 3.8) is 0 Å². The molecule has 0 amide bonds. The van der Waals surface area contributed by atoms with Gasteiger partial charge in [0.05, 0.1) is 7.11 Å². The number of ether oxygens (including phenoxy) is 1. The number of anilines is 1. The van der Waals surface area contributed by atoms with E-state index in [0.29, 0.717) is 6.04 Å². The lowest BCUT2D eigenvalue weighted by atomic mass is 10.1. The second-order valence-electron chi connectivity index (χ2n) is 5.27. The molecule has 2 N–H and O–H groups in total. The number of hydrogen-bond acceptors (Lipinski definition) is 4. The molecule has 1 atom stereocenters. The quantitative estimate of drug-likeness (QED) is 0.901. The average molecular weight is 271 g/mol. The van der Waals surface area contributed by atoms with Gasteiger partial charge in [-0.05, 0) is 62.0 Å². The third-order valence-corrected chi connectivity index (χ3v) is 3.89. The van der Waals surface area contributed by atoms with Crippen LogP contribution >= 0.6 is 0 Å². The number of nitrogens with one attached hydrogen (secondary N) is 2. The molecule has 0 saturated carbocycles. The van der Waals surface area contributed by atoms with E-state index in [1.54, 1.807) is 7.11 Å². The van der Waals surface area contributed by atoms with Crippen LogP contribution < -0.4 is 15.4 Å². The summed E-state index contributed by atoms with van der Waals surface area (Å²) in [5, 5.41) is 9.37. The number of rotatable bonds is 3. The summed E-state index contributed by atoms with van der Waals surface area (Å²) in [4.78, 5) is 4.51. The summed E-state index contributed by atoms with van der Waals surface area (Å²) >= 11 is 0. The average Bonchev–Trinajstić information content (AvgIpc) is 2.75. The molecule has 1 fully saturated rings. The maximum Gasteiger partial charge on any atom is 0.134 e. The Morgan fingerprint density at radius 2 is 2.20 bits per heavy atom. The number of aromatic nitrogens is 1. The Labute approximate surface area is 119 Å². The third-order valence-electron chi connectivity index (χ3n) is 3.89. The van der Waals surface area contributed by atoms with Crippen LogP contribution in [0.15, 0.2) is 30.5 Å². The van der Waals surface area contributed by atoms with Crippen LogP contribution in [0.2, 0.25) is 0 Å². The molecule has 0 radical (unpaired) electrons. The smallest absolute Gasteiger partial charge is 0.134 e. The Balaban J connectivity index is 1.86. The monoisotopic (exact) mass is 271 g/mol. The van der Waals surface area contributed by atoms with E-state index in [1.165, 1.54) is 12.8 Å². The summed E-state index contributed by atoms with van der Waals surface area (Å²) in [5.74, 6) is 1.87. The highest BCUT2D eigenvalue weighted by Crippen LogP contribution is 2.26. The van der Waals surface area contributed by atoms with E-state index in [9.17, 15) is 0 Å². The van der Waals surface area contributed by atoms with Crippen molar-refractivity contribution in [3.05, 3.63) is 30.5 Å². The van der Waals surface area contributed by atoms with Crippen molar-refractivity contribution in [1.29, 1.82) is 0 Å². The van der Waals surface area contributed by atoms with E-state index in [4.69, 9.17) is 4.74 Å². The number of hydrogen-bond donors (Lipinski definition) is 2. The Kier molecular flexibility index (Phi) is 4.02. The van der Waals surface area contributed by atoms with Crippen molar-refractivity contribution in [3.8, 4) is 5.75 Å². The molecule has 1 aliphatic rings. The fraction of sp³-hybridized carbons (Fsp3) is 0.438. The number of nitrogens with zero attached hydrogens (tertiary/aromatic N) is 1. The summed E-state index contributed by atoms with van der Waals surface area (Å²) in [6.45, 7) is 2.20. The highest BCUT2D eigenvalue weighted by atomic mass is 16.5. The van der Waals surface area contributed by atoms with Crippen LogP contribution in [0, 0.1) is 0 Å². The van der Waals surface area contributed by atoms with Crippen molar-refractivity contribution in [2.45, 2.75) is 25.3 Å². The maximum atomic E-state index is 5.28. The molecule has 1 saturated heterocycles. The molecule has 20 heavy (non-hydrogen) atoms. The van der Waals surface area contributed by atoms with Gasteiger partial charge in [0.1, 0.15) is 11.6 Å². The predicted molar refractivity (Wildman–Crippen MR) is 82.4 cm³/mol. The van der Waals surface area contributed by atoms with E-state index >= 15 is 0 Å². The number of fused-ring (bicyclic) bond motifs is 1. The molecule has 0 spiro atoms. The van der Waals surface area contributed by atoms with Gasteiger partial charge in [-0.25, -0.2) is 4.98 Å². The molecule has 1 aromatic carbocycles. The molecule has 4 nitrogen and oxygen atoms in total. The molecule has 1 aromatic heterocycles. The zero-order chi connectivity index (χ0) is 13.8. The molecule has 4 heteroatoms. The van der Waals surface area contributed by atoms with Crippen LogP contribution in [0.4, 0.5) is 5.82 Å². The van der Waals surface area contributed by atoms with Crippen molar-refractivity contribution in [2.24, 2.45) is 0 Å². The van der Waals surface area contributed by atoms with Crippen molar-refractivity contribution >= 4 is 16.6 Å². The highest BCUT2D eigenvalue weighted by Gasteiger charge is 2.13. The summed E-state index contributed by atoms with van der Waals surface area (Å²) in [6.07, 6.45) is 5.42. The molecular formula is C16H21N3O. The van der Waals surface area contributed by atoms with Gasteiger partial charge in [0, 0.05) is 17.6 Å². The van der Waals surface area contributed by atoms with Gasteiger partial charge in [0.15, 0.2) is 0 Å². The third kappa shape index (κ3) is 2.85. The zero-order valence-electron chi connectivity index (χ0n) is 11.9. The lowest BCUT2D eigenvalue weighted by Crippen LogP contribution is -2.22. The first-order chi connectivity index (χ1) is 9.86. The minimum absolute atomic E-state index is 0.505. The summed E-state index contributed by atoms with van der Waals surface area (Å²) in [6, 6.07) is 8.65. The minimum atomic E-state index is 0.505. The number of pyridine rings is 1. The lowest BCUT2D eigenvalue weighted by Gasteiger charge is -2.18. The fourth-order valence-electron chi connectivity index (χ4n) is 2.75. The lowest BCUT2D eigenvalue weighted by molar-refractivity contribution is 0.415. The van der Waals surface area contributed by atoms with Crippen molar-refractivity contribution in [1.82, 2.24) is 10.3 Å². The first-order valence-corrected chi connectivity index (χ1v) is 7.27. The van der Waals surface area contributed by atoms with Crippen LogP contribution in [0.25, 0.3) is 10.8 Å². The predicted octanol–water partition coefficient (Wildman–Crippen LogP) is 2.80. The molecule has 1 aliphatic heterocycles. The SMILES string of the molecule is COc1ccc2c(NC3CCCNCC3)nccc2c1. The van der Waals surface area contributed by atoms with Gasteiger partial charge < -0.3 is 15.4 Å². The van der Waals surface area contributed by atoms with Crippen LogP contribution in [-0.4, -0.2) is 31.2 Å². The van der Waals surface area contributed by atoms with Gasteiger partial charge in [-0.3, -0.25) is 0 Å². The second kappa shape index (κ2) is 6.09. The van der Waals surface area contributed by atoms with Crippen LogP contribution in [-0.2, 0) is 0 Å². The number of benzene rings is 1. The van der Waals surface area contributed by atoms with Gasteiger partial charge in [0.2, 0.25) is 0 Å². The number of methoxy groups -OCH3 is 1. The zero-order valence-corrected chi connectivity index (χ0v) is 11.9. The van der Waals surface area contributed by atoms with E-state index in [1.807, 2.05) is 18.3 Å². The normalized spacial score (nSPS) is 19.6. The molecule has 2 aromatic rings. The van der Waals surface area contributed by atoms with E-state index in [0.717, 1.165) is 41.9 Å². The minimum Gasteiger partial charge on any atom is -0.497 e. The van der Waals surface area contributed by atoms with Gasteiger partial charge >= 0.3 is 0 Å². The Hall–Kier alpha value is -1.81. The molecular weight excluding hydrogens is 250 g/mol. The summed E-state index contributed by atoms with van der Waals surface area (Å²) < 4.78 is 5.28. The largest absolute Gasteiger partial charge is 0.497 e. The van der Waals surface area contributed by atoms with Crippen LogP contribution in [0.3, 0.4) is 0 Å². The second-order valence-corrected chi connectivity index (χ2v) is 5.27. The van der Waals surface area contributed by atoms with Gasteiger partial charge in [-0.15, -0.1) is 0 Å². The van der Waals surface area contributed by atoms with Crippen LogP contribution in [0.5, 0.6) is 5.75 Å².